The first-order valence-corrected chi connectivity index (χ1v) is 8.70. The molecule has 2 N–H and O–H groups in total. The van der Waals surface area contributed by atoms with Crippen LogP contribution in [0.2, 0.25) is 0 Å². The third-order valence-electron chi connectivity index (χ3n) is 2.86. The van der Waals surface area contributed by atoms with Crippen molar-refractivity contribution in [2.24, 2.45) is 0 Å². The van der Waals surface area contributed by atoms with E-state index in [1.165, 1.54) is 0 Å². The maximum absolute atomic E-state index is 12.3. The van der Waals surface area contributed by atoms with E-state index in [9.17, 15) is 8.42 Å². The monoisotopic (exact) mass is 372 g/mol. The van der Waals surface area contributed by atoms with Crippen LogP contribution < -0.4 is 10.0 Å². The minimum atomic E-state index is -3.55. The Morgan fingerprint density at radius 3 is 2.86 bits per heavy atom. The zero-order valence-corrected chi connectivity index (χ0v) is 14.0. The smallest absolute Gasteiger partial charge is 0.241 e. The summed E-state index contributed by atoms with van der Waals surface area (Å²) in [6.45, 7) is 1.38. The average Bonchev–Trinajstić information content (AvgIpc) is 2.94. The normalized spacial score (nSPS) is 11.7. The summed E-state index contributed by atoms with van der Waals surface area (Å²) in [5.41, 5.74) is 0.910. The van der Waals surface area contributed by atoms with Crippen molar-refractivity contribution in [3.63, 3.8) is 0 Å². The van der Waals surface area contributed by atoms with E-state index in [4.69, 9.17) is 0 Å². The molecule has 0 spiro atoms. The van der Waals surface area contributed by atoms with E-state index < -0.39 is 10.0 Å². The van der Waals surface area contributed by atoms with Crippen LogP contribution in [-0.4, -0.2) is 31.8 Å². The largest absolute Gasteiger partial charge is 0.316 e. The molecule has 1 heterocycles. The molecular weight excluding hydrogens is 356 g/mol. The first kappa shape index (κ1) is 16.2. The van der Waals surface area contributed by atoms with Crippen molar-refractivity contribution in [2.75, 3.05) is 13.6 Å². The lowest BCUT2D eigenvalue weighted by Crippen LogP contribution is -2.28. The standard InChI is InChI=1S/C13H17BrN4O2S/c1-15-10-11-3-4-12(14)13(9-11)21(19,20)17-6-8-18-7-2-5-16-18/h2-5,7,9,15,17H,6,8,10H2,1H3. The summed E-state index contributed by atoms with van der Waals surface area (Å²) in [5.74, 6) is 0. The minimum absolute atomic E-state index is 0.246. The zero-order chi connectivity index (χ0) is 15.3. The fourth-order valence-electron chi connectivity index (χ4n) is 1.87. The summed E-state index contributed by atoms with van der Waals surface area (Å²) in [4.78, 5) is 0.246. The predicted molar refractivity (Wildman–Crippen MR) is 84.3 cm³/mol. The molecule has 1 aromatic carbocycles. The molecule has 0 fully saturated rings. The molecule has 1 aromatic heterocycles. The Kier molecular flexibility index (Phi) is 5.51. The summed E-state index contributed by atoms with van der Waals surface area (Å²) < 4.78 is 29.5. The molecule has 0 bridgehead atoms. The lowest BCUT2D eigenvalue weighted by Gasteiger charge is -2.10. The van der Waals surface area contributed by atoms with Gasteiger partial charge < -0.3 is 5.32 Å². The number of aromatic nitrogens is 2. The minimum Gasteiger partial charge on any atom is -0.316 e. The lowest BCUT2D eigenvalue weighted by atomic mass is 10.2. The number of nitrogens with zero attached hydrogens (tertiary/aromatic N) is 2. The second kappa shape index (κ2) is 7.17. The van der Waals surface area contributed by atoms with Gasteiger partial charge in [-0.1, -0.05) is 6.07 Å². The van der Waals surface area contributed by atoms with Crippen LogP contribution in [0.3, 0.4) is 0 Å². The number of benzene rings is 1. The maximum atomic E-state index is 12.3. The van der Waals surface area contributed by atoms with Gasteiger partial charge in [0.15, 0.2) is 0 Å². The van der Waals surface area contributed by atoms with Crippen molar-refractivity contribution < 1.29 is 8.42 Å². The van der Waals surface area contributed by atoms with E-state index in [1.54, 1.807) is 35.3 Å². The maximum Gasteiger partial charge on any atom is 0.241 e. The SMILES string of the molecule is CNCc1ccc(Br)c(S(=O)(=O)NCCn2cccn2)c1. The fourth-order valence-corrected chi connectivity index (χ4v) is 3.91. The Morgan fingerprint density at radius 2 is 2.19 bits per heavy atom. The Labute approximate surface area is 132 Å². The van der Waals surface area contributed by atoms with Gasteiger partial charge in [-0.3, -0.25) is 4.68 Å². The number of hydrogen-bond donors (Lipinski definition) is 2. The van der Waals surface area contributed by atoms with Crippen LogP contribution in [0.1, 0.15) is 5.56 Å². The van der Waals surface area contributed by atoms with Crippen molar-refractivity contribution >= 4 is 26.0 Å². The van der Waals surface area contributed by atoms with E-state index in [-0.39, 0.29) is 11.4 Å². The zero-order valence-electron chi connectivity index (χ0n) is 11.6. The van der Waals surface area contributed by atoms with E-state index in [0.29, 0.717) is 17.6 Å². The molecule has 0 saturated carbocycles. The van der Waals surface area contributed by atoms with Gasteiger partial charge in [0.2, 0.25) is 10.0 Å². The number of halogens is 1. The second-order valence-corrected chi connectivity index (χ2v) is 7.05. The fraction of sp³-hybridized carbons (Fsp3) is 0.308. The predicted octanol–water partition coefficient (Wildman–Crippen LogP) is 1.34. The first-order chi connectivity index (χ1) is 10.0. The van der Waals surface area contributed by atoms with Crippen molar-refractivity contribution in [1.82, 2.24) is 19.8 Å². The highest BCUT2D eigenvalue weighted by Gasteiger charge is 2.17. The van der Waals surface area contributed by atoms with Crippen LogP contribution in [0.15, 0.2) is 46.0 Å². The number of sulfonamides is 1. The molecule has 0 aliphatic heterocycles. The summed E-state index contributed by atoms with van der Waals surface area (Å²) in [5, 5.41) is 7.03. The molecule has 0 aliphatic carbocycles. The van der Waals surface area contributed by atoms with Gasteiger partial charge in [0, 0.05) is 30.0 Å². The van der Waals surface area contributed by atoms with Crippen molar-refractivity contribution in [3.8, 4) is 0 Å². The molecule has 2 aromatic rings. The van der Waals surface area contributed by atoms with Gasteiger partial charge in [0.05, 0.1) is 11.4 Å². The first-order valence-electron chi connectivity index (χ1n) is 6.43. The van der Waals surface area contributed by atoms with Crippen LogP contribution in [0, 0.1) is 0 Å². The van der Waals surface area contributed by atoms with Gasteiger partial charge in [0.1, 0.15) is 0 Å². The van der Waals surface area contributed by atoms with Gasteiger partial charge >= 0.3 is 0 Å². The molecule has 21 heavy (non-hydrogen) atoms. The van der Waals surface area contributed by atoms with Crippen molar-refractivity contribution in [2.45, 2.75) is 18.0 Å². The van der Waals surface area contributed by atoms with Gasteiger partial charge in [-0.05, 0) is 46.7 Å². The van der Waals surface area contributed by atoms with Crippen LogP contribution >= 0.6 is 15.9 Å². The van der Waals surface area contributed by atoms with Crippen molar-refractivity contribution in [3.05, 3.63) is 46.7 Å². The molecule has 0 amide bonds. The van der Waals surface area contributed by atoms with Crippen LogP contribution in [0.4, 0.5) is 0 Å². The quantitative estimate of drug-likeness (QED) is 0.768. The van der Waals surface area contributed by atoms with Gasteiger partial charge in [-0.2, -0.15) is 5.10 Å². The second-order valence-electron chi connectivity index (χ2n) is 4.46. The Bertz CT molecular complexity index is 686. The average molecular weight is 373 g/mol. The Hall–Kier alpha value is -1.22. The summed E-state index contributed by atoms with van der Waals surface area (Å²) in [7, 11) is -1.73. The molecule has 0 atom stereocenters. The Morgan fingerprint density at radius 1 is 1.38 bits per heavy atom. The molecule has 0 unspecified atom stereocenters. The third kappa shape index (κ3) is 4.37. The third-order valence-corrected chi connectivity index (χ3v) is 5.31. The number of hydrogen-bond acceptors (Lipinski definition) is 4. The van der Waals surface area contributed by atoms with E-state index in [1.807, 2.05) is 13.1 Å². The highest BCUT2D eigenvalue weighted by molar-refractivity contribution is 9.10. The molecule has 6 nitrogen and oxygen atoms in total. The molecule has 114 valence electrons. The highest BCUT2D eigenvalue weighted by Crippen LogP contribution is 2.23. The number of rotatable bonds is 7. The number of nitrogens with one attached hydrogen (secondary N) is 2. The Balaban J connectivity index is 2.09. The molecule has 2 rings (SSSR count). The van der Waals surface area contributed by atoms with Crippen LogP contribution in [0.25, 0.3) is 0 Å². The molecule has 0 saturated heterocycles. The van der Waals surface area contributed by atoms with E-state index >= 15 is 0 Å². The van der Waals surface area contributed by atoms with Crippen LogP contribution in [-0.2, 0) is 23.1 Å². The highest BCUT2D eigenvalue weighted by atomic mass is 79.9. The van der Waals surface area contributed by atoms with E-state index in [2.05, 4.69) is 31.1 Å². The molecule has 0 radical (unpaired) electrons. The van der Waals surface area contributed by atoms with Crippen molar-refractivity contribution in [1.29, 1.82) is 0 Å². The summed E-state index contributed by atoms with van der Waals surface area (Å²) >= 11 is 3.29. The molecular formula is C13H17BrN4O2S. The summed E-state index contributed by atoms with van der Waals surface area (Å²) in [6, 6.07) is 7.08. The van der Waals surface area contributed by atoms with Crippen LogP contribution in [0.5, 0.6) is 0 Å². The van der Waals surface area contributed by atoms with Gasteiger partial charge in [-0.25, -0.2) is 13.1 Å². The topological polar surface area (TPSA) is 76.0 Å². The summed E-state index contributed by atoms with van der Waals surface area (Å²) in [6.07, 6.45) is 3.45. The van der Waals surface area contributed by atoms with Gasteiger partial charge in [-0.15, -0.1) is 0 Å². The molecule has 8 heteroatoms. The van der Waals surface area contributed by atoms with E-state index in [0.717, 1.165) is 5.56 Å². The lowest BCUT2D eigenvalue weighted by molar-refractivity contribution is 0.560. The molecule has 0 aliphatic rings. The van der Waals surface area contributed by atoms with Gasteiger partial charge in [0.25, 0.3) is 0 Å².